The van der Waals surface area contributed by atoms with Crippen molar-refractivity contribution in [3.05, 3.63) is 93.2 Å². The molecule has 3 aromatic heterocycles. The maximum absolute atomic E-state index is 13.2. The highest BCUT2D eigenvalue weighted by molar-refractivity contribution is 6.37. The van der Waals surface area contributed by atoms with Gasteiger partial charge in [-0.25, -0.2) is 4.98 Å². The number of nitrogens with zero attached hydrogens (tertiary/aromatic N) is 2. The lowest BCUT2D eigenvalue weighted by molar-refractivity contribution is -0.122. The Morgan fingerprint density at radius 1 is 1.00 bits per heavy atom. The molecular formula is C36H28Cl2N4O5. The van der Waals surface area contributed by atoms with Crippen molar-refractivity contribution in [1.82, 2.24) is 20.3 Å². The number of H-pyrrole nitrogens is 1. The molecule has 6 heterocycles. The van der Waals surface area contributed by atoms with Gasteiger partial charge in [0.15, 0.2) is 22.4 Å². The van der Waals surface area contributed by atoms with Gasteiger partial charge in [0, 0.05) is 34.0 Å². The number of ether oxygens (including phenoxy) is 1. The Labute approximate surface area is 278 Å². The molecule has 9 rings (SSSR count). The molecule has 0 saturated carbocycles. The van der Waals surface area contributed by atoms with Gasteiger partial charge < -0.3 is 29.0 Å². The molecule has 47 heavy (non-hydrogen) atoms. The predicted molar refractivity (Wildman–Crippen MR) is 177 cm³/mol. The zero-order valence-electron chi connectivity index (χ0n) is 25.6. The van der Waals surface area contributed by atoms with Crippen LogP contribution in [0.2, 0.25) is 10.3 Å². The van der Waals surface area contributed by atoms with Crippen LogP contribution in [-0.2, 0) is 16.6 Å². The fraction of sp³-hybridized carbons (Fsp3) is 0.250. The molecule has 6 aromatic rings. The first-order chi connectivity index (χ1) is 22.7. The molecule has 3 N–H and O–H groups in total. The number of oxazole rings is 2. The highest BCUT2D eigenvalue weighted by Gasteiger charge is 2.57. The number of phenols is 1. The summed E-state index contributed by atoms with van der Waals surface area (Å²) in [6.45, 7) is 5.95. The summed E-state index contributed by atoms with van der Waals surface area (Å²) >= 11 is 13.8. The summed E-state index contributed by atoms with van der Waals surface area (Å²) in [7, 11) is 0. The number of hydrogen-bond acceptors (Lipinski definition) is 7. The molecule has 10 bridgehead atoms. The third-order valence-corrected chi connectivity index (χ3v) is 10.3. The number of fused-ring (bicyclic) bond motifs is 8. The van der Waals surface area contributed by atoms with Crippen LogP contribution in [0.4, 0.5) is 0 Å². The predicted octanol–water partition coefficient (Wildman–Crippen LogP) is 8.35. The second kappa shape index (κ2) is 9.89. The van der Waals surface area contributed by atoms with Crippen molar-refractivity contribution in [2.24, 2.45) is 5.92 Å². The van der Waals surface area contributed by atoms with Gasteiger partial charge in [0.25, 0.3) is 5.89 Å². The van der Waals surface area contributed by atoms with Crippen LogP contribution in [0.15, 0.2) is 63.4 Å². The minimum absolute atomic E-state index is 0.0493. The normalized spacial score (nSPS) is 21.0. The number of para-hydroxylation sites is 1. The van der Waals surface area contributed by atoms with E-state index in [-0.39, 0.29) is 52.4 Å². The molecule has 3 aromatic carbocycles. The number of rotatable bonds is 1. The van der Waals surface area contributed by atoms with Crippen molar-refractivity contribution in [3.8, 4) is 45.5 Å². The summed E-state index contributed by atoms with van der Waals surface area (Å²) in [6, 6.07) is 16.8. The van der Waals surface area contributed by atoms with Crippen LogP contribution < -0.4 is 10.1 Å². The highest BCUT2D eigenvalue weighted by Crippen LogP contribution is 2.60. The van der Waals surface area contributed by atoms with Crippen molar-refractivity contribution in [1.29, 1.82) is 0 Å². The molecule has 0 aliphatic carbocycles. The summed E-state index contributed by atoms with van der Waals surface area (Å²) in [5.41, 5.74) is 4.29. The number of amides is 1. The zero-order chi connectivity index (χ0) is 32.4. The first-order valence-corrected chi connectivity index (χ1v) is 16.3. The van der Waals surface area contributed by atoms with Gasteiger partial charge in [-0.1, -0.05) is 79.5 Å². The first-order valence-electron chi connectivity index (χ1n) is 15.6. The van der Waals surface area contributed by atoms with E-state index in [0.717, 1.165) is 33.2 Å². The van der Waals surface area contributed by atoms with Gasteiger partial charge in [-0.15, -0.1) is 0 Å². The molecule has 0 fully saturated rings. The monoisotopic (exact) mass is 666 g/mol. The van der Waals surface area contributed by atoms with E-state index in [1.165, 1.54) is 0 Å². The quantitative estimate of drug-likeness (QED) is 0.161. The Balaban J connectivity index is 1.50. The SMILES string of the molecule is CC(C)C1NC(=O)CCc2ccc(O)c(c2)C23c4cccc(c4O[C@@H]2C)-c2cccc4[nH]c(Cl)c(c24)-c2oc(nc2Cl)-c2nc1oc23. The Morgan fingerprint density at radius 2 is 1.81 bits per heavy atom. The summed E-state index contributed by atoms with van der Waals surface area (Å²) in [5.74, 6) is 1.48. The van der Waals surface area contributed by atoms with E-state index in [2.05, 4.69) is 10.3 Å². The van der Waals surface area contributed by atoms with E-state index in [9.17, 15) is 9.90 Å². The molecule has 0 radical (unpaired) electrons. The standard InChI is InChI=1S/C36H28Cl2N4O5/c1-15(2)27-34-41-28-31(47-34)36(21-14-17(10-12-23(21)43)11-13-24(44)40-27)16(3)45-29-19(7-4-8-20(29)36)18-6-5-9-22-25(18)26(32(37)39-22)30-33(38)42-35(28)46-30/h4-10,12,14-16,27,39,43H,11,13H2,1-3H3,(H,40,44)/t16-,27?,36?/m1/s1. The number of aryl methyl sites for hydroxylation is 1. The van der Waals surface area contributed by atoms with Crippen molar-refractivity contribution in [2.75, 3.05) is 0 Å². The third kappa shape index (κ3) is 3.81. The smallest absolute Gasteiger partial charge is 0.250 e. The second-order valence-electron chi connectivity index (χ2n) is 12.8. The summed E-state index contributed by atoms with van der Waals surface area (Å²) in [5, 5.41) is 16.1. The first kappa shape index (κ1) is 28.5. The van der Waals surface area contributed by atoms with Gasteiger partial charge in [0.05, 0.1) is 5.56 Å². The van der Waals surface area contributed by atoms with Gasteiger partial charge >= 0.3 is 0 Å². The molecule has 11 heteroatoms. The molecular weight excluding hydrogens is 639 g/mol. The van der Waals surface area contributed by atoms with E-state index in [0.29, 0.717) is 34.2 Å². The molecule has 3 aliphatic rings. The minimum atomic E-state index is -1.22. The molecule has 3 atom stereocenters. The Bertz CT molecular complexity index is 2300. The van der Waals surface area contributed by atoms with Crippen LogP contribution in [0, 0.1) is 5.92 Å². The molecule has 1 amide bonds. The van der Waals surface area contributed by atoms with Gasteiger partial charge in [0.2, 0.25) is 11.8 Å². The van der Waals surface area contributed by atoms with Crippen LogP contribution >= 0.6 is 23.2 Å². The van der Waals surface area contributed by atoms with E-state index >= 15 is 0 Å². The van der Waals surface area contributed by atoms with Crippen LogP contribution in [0.3, 0.4) is 0 Å². The molecule has 9 nitrogen and oxygen atoms in total. The van der Waals surface area contributed by atoms with Crippen molar-refractivity contribution in [2.45, 2.75) is 51.2 Å². The van der Waals surface area contributed by atoms with E-state index in [1.807, 2.05) is 69.3 Å². The number of phenolic OH excluding ortho intramolecular Hbond substituents is 1. The number of benzene rings is 3. The van der Waals surface area contributed by atoms with Gasteiger partial charge in [-0.05, 0) is 42.5 Å². The van der Waals surface area contributed by atoms with Crippen LogP contribution in [0.5, 0.6) is 11.5 Å². The summed E-state index contributed by atoms with van der Waals surface area (Å²) < 4.78 is 20.3. The lowest BCUT2D eigenvalue weighted by Gasteiger charge is -2.33. The summed E-state index contributed by atoms with van der Waals surface area (Å²) in [6.07, 6.45) is 0.114. The van der Waals surface area contributed by atoms with Gasteiger partial charge in [0.1, 0.15) is 34.2 Å². The van der Waals surface area contributed by atoms with Crippen molar-refractivity contribution >= 4 is 40.0 Å². The lowest BCUT2D eigenvalue weighted by atomic mass is 9.68. The Hall–Kier alpha value is -4.73. The van der Waals surface area contributed by atoms with Crippen molar-refractivity contribution < 1.29 is 23.5 Å². The van der Waals surface area contributed by atoms with E-state index in [4.69, 9.17) is 46.7 Å². The van der Waals surface area contributed by atoms with Crippen LogP contribution in [-0.4, -0.2) is 32.1 Å². The molecule has 3 aliphatic heterocycles. The highest BCUT2D eigenvalue weighted by atomic mass is 35.5. The topological polar surface area (TPSA) is 126 Å². The Morgan fingerprint density at radius 3 is 2.64 bits per heavy atom. The fourth-order valence-corrected chi connectivity index (χ4v) is 8.12. The van der Waals surface area contributed by atoms with Crippen LogP contribution in [0.1, 0.15) is 61.6 Å². The maximum Gasteiger partial charge on any atom is 0.250 e. The lowest BCUT2D eigenvalue weighted by Crippen LogP contribution is -2.39. The number of aromatic hydroxyl groups is 1. The fourth-order valence-electron chi connectivity index (χ4n) is 7.63. The number of carbonyl (C=O) groups is 1. The minimum Gasteiger partial charge on any atom is -0.508 e. The van der Waals surface area contributed by atoms with E-state index in [1.54, 1.807) is 6.07 Å². The zero-order valence-corrected chi connectivity index (χ0v) is 27.1. The number of aromatic nitrogens is 3. The second-order valence-corrected chi connectivity index (χ2v) is 13.5. The molecule has 0 saturated heterocycles. The maximum atomic E-state index is 13.2. The number of hydrogen-bond donors (Lipinski definition) is 3. The number of aromatic amines is 1. The summed E-state index contributed by atoms with van der Waals surface area (Å²) in [4.78, 5) is 26.2. The molecule has 1 spiro atoms. The molecule has 236 valence electrons. The van der Waals surface area contributed by atoms with E-state index < -0.39 is 17.6 Å². The van der Waals surface area contributed by atoms with Crippen molar-refractivity contribution in [3.63, 3.8) is 0 Å². The molecule has 2 unspecified atom stereocenters. The number of halogens is 2. The number of nitrogens with one attached hydrogen (secondary N) is 2. The Kier molecular flexibility index (Phi) is 5.99. The van der Waals surface area contributed by atoms with Gasteiger partial charge in [-0.2, -0.15) is 4.98 Å². The van der Waals surface area contributed by atoms with Crippen LogP contribution in [0.25, 0.3) is 44.9 Å². The average molecular weight is 668 g/mol. The third-order valence-electron chi connectivity index (χ3n) is 9.81. The largest absolute Gasteiger partial charge is 0.508 e. The number of carbonyl (C=O) groups excluding carboxylic acids is 1. The van der Waals surface area contributed by atoms with Gasteiger partial charge in [-0.3, -0.25) is 4.79 Å². The average Bonchev–Trinajstić information content (AvgIpc) is 3.79.